The van der Waals surface area contributed by atoms with Gasteiger partial charge in [-0.1, -0.05) is 123 Å². The van der Waals surface area contributed by atoms with E-state index in [1.54, 1.807) is 6.92 Å². The Labute approximate surface area is 394 Å². The predicted octanol–water partition coefficient (Wildman–Crippen LogP) is 18.3. The summed E-state index contributed by atoms with van der Waals surface area (Å²) in [7, 11) is 1.43. The molecular formula is C60H94O4. The van der Waals surface area contributed by atoms with Crippen LogP contribution in [0.3, 0.4) is 0 Å². The number of phenols is 2. The predicted molar refractivity (Wildman–Crippen MR) is 282 cm³/mol. The summed E-state index contributed by atoms with van der Waals surface area (Å²) in [5.41, 5.74) is 16.1. The van der Waals surface area contributed by atoms with Crippen molar-refractivity contribution in [3.63, 3.8) is 0 Å². The maximum atomic E-state index is 10.7. The van der Waals surface area contributed by atoms with E-state index in [-0.39, 0.29) is 22.8 Å². The summed E-state index contributed by atoms with van der Waals surface area (Å²) in [5.74, 6) is 0.104. The molecule has 0 aliphatic carbocycles. The second-order valence-corrected chi connectivity index (χ2v) is 18.9. The SMILES string of the molecule is CC/C(C)=C/CC/C(C)=C/CC/C(C)=C/CC/C(C)=C/CC/C(C)=C/CC/C(C)=C/CC/C(C)=C/CC/C(C)=C/CC/C(C)=C/CC/C(C)=C/Cc1c(C)c(O)c(CO)c(OC)c1O. The lowest BCUT2D eigenvalue weighted by Crippen LogP contribution is -2.00. The Kier molecular flexibility index (Phi) is 31.1. The Morgan fingerprint density at radius 2 is 0.641 bits per heavy atom. The number of aliphatic hydroxyl groups excluding tert-OH is 1. The average Bonchev–Trinajstić information content (AvgIpc) is 3.24. The first-order valence-corrected chi connectivity index (χ1v) is 24.8. The lowest BCUT2D eigenvalue weighted by Gasteiger charge is -2.17. The van der Waals surface area contributed by atoms with Crippen molar-refractivity contribution in [3.05, 3.63) is 133 Å². The van der Waals surface area contributed by atoms with E-state index < -0.39 is 6.61 Å². The fourth-order valence-electron chi connectivity index (χ4n) is 7.81. The fraction of sp³-hybridized carbons (Fsp3) is 0.567. The highest BCUT2D eigenvalue weighted by Crippen LogP contribution is 2.43. The summed E-state index contributed by atoms with van der Waals surface area (Å²) >= 11 is 0. The number of methoxy groups -OCH3 is 1. The second-order valence-electron chi connectivity index (χ2n) is 18.9. The highest BCUT2D eigenvalue weighted by molar-refractivity contribution is 5.62. The quantitative estimate of drug-likeness (QED) is 0.0498. The van der Waals surface area contributed by atoms with Crippen LogP contribution in [-0.4, -0.2) is 22.4 Å². The van der Waals surface area contributed by atoms with Gasteiger partial charge in [-0.2, -0.15) is 0 Å². The van der Waals surface area contributed by atoms with Gasteiger partial charge in [-0.25, -0.2) is 0 Å². The van der Waals surface area contributed by atoms with E-state index in [1.165, 1.54) is 88.5 Å². The Morgan fingerprint density at radius 1 is 0.391 bits per heavy atom. The van der Waals surface area contributed by atoms with Crippen LogP contribution in [0.25, 0.3) is 0 Å². The number of ether oxygens (including phenoxy) is 1. The van der Waals surface area contributed by atoms with Gasteiger partial charge in [0.25, 0.3) is 0 Å². The van der Waals surface area contributed by atoms with Gasteiger partial charge in [0.05, 0.1) is 19.3 Å². The third-order valence-electron chi connectivity index (χ3n) is 12.7. The van der Waals surface area contributed by atoms with E-state index in [0.29, 0.717) is 17.5 Å². The van der Waals surface area contributed by atoms with Gasteiger partial charge < -0.3 is 20.1 Å². The molecule has 0 spiro atoms. The van der Waals surface area contributed by atoms with Crippen molar-refractivity contribution in [2.45, 2.75) is 218 Å². The van der Waals surface area contributed by atoms with Gasteiger partial charge in [0.1, 0.15) is 5.75 Å². The van der Waals surface area contributed by atoms with E-state index in [1.807, 2.05) is 0 Å². The molecule has 358 valence electrons. The number of rotatable bonds is 32. The van der Waals surface area contributed by atoms with Gasteiger partial charge in [-0.3, -0.25) is 0 Å². The molecule has 3 N–H and O–H groups in total. The molecule has 0 atom stereocenters. The molecule has 0 saturated carbocycles. The molecule has 64 heavy (non-hydrogen) atoms. The molecule has 0 bridgehead atoms. The monoisotopic (exact) mass is 879 g/mol. The molecular weight excluding hydrogens is 785 g/mol. The molecule has 0 aliphatic rings. The van der Waals surface area contributed by atoms with E-state index in [9.17, 15) is 15.3 Å². The number of hydrogen-bond donors (Lipinski definition) is 3. The summed E-state index contributed by atoms with van der Waals surface area (Å²) in [4.78, 5) is 0. The van der Waals surface area contributed by atoms with Crippen LogP contribution in [0.15, 0.2) is 116 Å². The summed E-state index contributed by atoms with van der Waals surface area (Å²) in [6, 6.07) is 0. The minimum Gasteiger partial charge on any atom is -0.507 e. The minimum absolute atomic E-state index is 0.0141. The standard InChI is InChI=1S/C60H94O4/c1-14-45(2)24-15-25-46(3)26-16-27-47(4)28-17-29-48(5)30-18-31-49(6)32-19-33-50(7)34-20-35-51(8)36-21-37-52(9)38-22-39-53(10)40-23-41-54(11)42-43-56-55(12)58(62)57(44-61)60(64-13)59(56)63/h24,26,28,30,32,34,36,38,40,42,61-63H,14-23,25,27,29,31,33,35,37,39,41,43-44H2,1-13H3/b45-24+,46-26+,47-28+,48-30+,49-32+,50-34+,51-36+,52-38+,53-40+,54-42+. The largest absolute Gasteiger partial charge is 0.507 e. The average molecular weight is 879 g/mol. The summed E-state index contributed by atoms with van der Waals surface area (Å²) in [5, 5.41) is 30.8. The molecule has 0 amide bonds. The van der Waals surface area contributed by atoms with Crippen molar-refractivity contribution >= 4 is 0 Å². The minimum atomic E-state index is -0.399. The maximum Gasteiger partial charge on any atom is 0.170 e. The van der Waals surface area contributed by atoms with Crippen molar-refractivity contribution < 1.29 is 20.1 Å². The maximum absolute atomic E-state index is 10.7. The molecule has 1 aromatic rings. The van der Waals surface area contributed by atoms with Crippen LogP contribution in [0.5, 0.6) is 17.2 Å². The first-order chi connectivity index (χ1) is 30.5. The Bertz CT molecular complexity index is 1860. The van der Waals surface area contributed by atoms with Crippen molar-refractivity contribution in [2.24, 2.45) is 0 Å². The zero-order valence-corrected chi connectivity index (χ0v) is 43.4. The third kappa shape index (κ3) is 26.1. The van der Waals surface area contributed by atoms with Crippen LogP contribution in [0.4, 0.5) is 0 Å². The lowest BCUT2D eigenvalue weighted by atomic mass is 9.97. The van der Waals surface area contributed by atoms with Gasteiger partial charge in [0.15, 0.2) is 11.5 Å². The smallest absolute Gasteiger partial charge is 0.170 e. The molecule has 1 rings (SSSR count). The topological polar surface area (TPSA) is 69.9 Å². The molecule has 1 aromatic carbocycles. The van der Waals surface area contributed by atoms with Crippen LogP contribution in [0.1, 0.15) is 215 Å². The van der Waals surface area contributed by atoms with E-state index in [4.69, 9.17) is 4.74 Å². The zero-order chi connectivity index (χ0) is 47.9. The van der Waals surface area contributed by atoms with Crippen molar-refractivity contribution in [1.29, 1.82) is 0 Å². The molecule has 4 heteroatoms. The van der Waals surface area contributed by atoms with Gasteiger partial charge in [0.2, 0.25) is 0 Å². The Hall–Kier alpha value is -4.02. The molecule has 0 aliphatic heterocycles. The molecule has 0 fully saturated rings. The van der Waals surface area contributed by atoms with Crippen LogP contribution in [-0.2, 0) is 13.0 Å². The summed E-state index contributed by atoms with van der Waals surface area (Å²) < 4.78 is 5.27. The van der Waals surface area contributed by atoms with Crippen LogP contribution in [0.2, 0.25) is 0 Å². The first kappa shape index (κ1) is 58.0. The summed E-state index contributed by atoms with van der Waals surface area (Å²) in [6.45, 7) is 26.2. The number of allylic oxidation sites excluding steroid dienone is 20. The first-order valence-electron chi connectivity index (χ1n) is 24.8. The van der Waals surface area contributed by atoms with Crippen LogP contribution >= 0.6 is 0 Å². The van der Waals surface area contributed by atoms with Gasteiger partial charge in [-0.05, 0) is 210 Å². The number of aliphatic hydroxyl groups is 1. The van der Waals surface area contributed by atoms with E-state index in [2.05, 4.69) is 137 Å². The van der Waals surface area contributed by atoms with Crippen molar-refractivity contribution in [1.82, 2.24) is 0 Å². The lowest BCUT2D eigenvalue weighted by molar-refractivity contribution is 0.263. The van der Waals surface area contributed by atoms with Crippen molar-refractivity contribution in [2.75, 3.05) is 7.11 Å². The number of benzene rings is 1. The molecule has 4 nitrogen and oxygen atoms in total. The van der Waals surface area contributed by atoms with Crippen LogP contribution in [0, 0.1) is 6.92 Å². The molecule has 0 aromatic heterocycles. The Balaban J connectivity index is 2.32. The van der Waals surface area contributed by atoms with E-state index >= 15 is 0 Å². The van der Waals surface area contributed by atoms with Crippen LogP contribution < -0.4 is 4.74 Å². The van der Waals surface area contributed by atoms with E-state index in [0.717, 1.165) is 96.3 Å². The summed E-state index contributed by atoms with van der Waals surface area (Å²) in [6.07, 6.45) is 45.7. The number of phenolic OH excluding ortho intramolecular Hbond substituents is 1. The van der Waals surface area contributed by atoms with Gasteiger partial charge >= 0.3 is 0 Å². The molecule has 0 heterocycles. The number of hydrogen-bond acceptors (Lipinski definition) is 4. The molecule has 0 unspecified atom stereocenters. The highest BCUT2D eigenvalue weighted by Gasteiger charge is 2.21. The third-order valence-corrected chi connectivity index (χ3v) is 12.7. The highest BCUT2D eigenvalue weighted by atomic mass is 16.5. The zero-order valence-electron chi connectivity index (χ0n) is 43.4. The van der Waals surface area contributed by atoms with Gasteiger partial charge in [-0.15, -0.1) is 0 Å². The molecule has 0 saturated heterocycles. The van der Waals surface area contributed by atoms with Gasteiger partial charge in [0, 0.05) is 5.56 Å². The number of aromatic hydroxyl groups is 2. The fourth-order valence-corrected chi connectivity index (χ4v) is 7.81. The second kappa shape index (κ2) is 34.3. The normalized spacial score (nSPS) is 14.6. The molecule has 0 radical (unpaired) electrons. The van der Waals surface area contributed by atoms with Crippen molar-refractivity contribution in [3.8, 4) is 17.2 Å². The Morgan fingerprint density at radius 3 is 0.875 bits per heavy atom.